The number of aliphatic hydroxyl groups is 1. The van der Waals surface area contributed by atoms with Crippen molar-refractivity contribution in [3.8, 4) is 5.75 Å². The number of hydrogen-bond donors (Lipinski definition) is 2. The maximum Gasteiger partial charge on any atom is 0.223 e. The van der Waals surface area contributed by atoms with E-state index in [0.29, 0.717) is 25.5 Å². The molecule has 0 aliphatic heterocycles. The molecule has 0 bridgehead atoms. The molecule has 4 heteroatoms. The SMILES string of the molecule is O=C(CCOc1ccccc1)NCC1CCC(O)C1. The van der Waals surface area contributed by atoms with Crippen molar-refractivity contribution < 1.29 is 14.6 Å². The topological polar surface area (TPSA) is 58.6 Å². The quantitative estimate of drug-likeness (QED) is 0.822. The Kier molecular flexibility index (Phi) is 5.21. The first-order valence-electron chi connectivity index (χ1n) is 6.86. The molecule has 1 aromatic rings. The van der Waals surface area contributed by atoms with E-state index in [1.165, 1.54) is 0 Å². The second-order valence-electron chi connectivity index (χ2n) is 5.05. The smallest absolute Gasteiger partial charge is 0.223 e. The minimum atomic E-state index is -0.177. The van der Waals surface area contributed by atoms with Gasteiger partial charge in [-0.25, -0.2) is 0 Å². The highest BCUT2D eigenvalue weighted by molar-refractivity contribution is 5.75. The molecule has 2 unspecified atom stereocenters. The summed E-state index contributed by atoms with van der Waals surface area (Å²) >= 11 is 0. The first-order valence-corrected chi connectivity index (χ1v) is 6.86. The van der Waals surface area contributed by atoms with Gasteiger partial charge in [0, 0.05) is 6.54 Å². The third kappa shape index (κ3) is 4.91. The predicted octanol–water partition coefficient (Wildman–Crippen LogP) is 1.73. The molecule has 1 aliphatic carbocycles. The fourth-order valence-electron chi connectivity index (χ4n) is 2.36. The summed E-state index contributed by atoms with van der Waals surface area (Å²) in [5, 5.41) is 12.3. The Morgan fingerprint density at radius 1 is 1.32 bits per heavy atom. The maximum absolute atomic E-state index is 11.6. The zero-order valence-electron chi connectivity index (χ0n) is 11.0. The van der Waals surface area contributed by atoms with Gasteiger partial charge in [-0.15, -0.1) is 0 Å². The van der Waals surface area contributed by atoms with Crippen LogP contribution in [0.2, 0.25) is 0 Å². The zero-order valence-corrected chi connectivity index (χ0v) is 11.0. The van der Waals surface area contributed by atoms with Crippen molar-refractivity contribution in [2.24, 2.45) is 5.92 Å². The van der Waals surface area contributed by atoms with Crippen molar-refractivity contribution in [3.05, 3.63) is 30.3 Å². The van der Waals surface area contributed by atoms with Crippen LogP contribution in [0.4, 0.5) is 0 Å². The number of carbonyl (C=O) groups is 1. The van der Waals surface area contributed by atoms with E-state index in [-0.39, 0.29) is 12.0 Å². The highest BCUT2D eigenvalue weighted by Crippen LogP contribution is 2.24. The van der Waals surface area contributed by atoms with Crippen LogP contribution in [0.1, 0.15) is 25.7 Å². The average Bonchev–Trinajstić information content (AvgIpc) is 2.83. The van der Waals surface area contributed by atoms with Gasteiger partial charge in [-0.3, -0.25) is 4.79 Å². The molecule has 1 amide bonds. The molecule has 2 N–H and O–H groups in total. The molecule has 0 aromatic heterocycles. The molecule has 19 heavy (non-hydrogen) atoms. The van der Waals surface area contributed by atoms with Crippen LogP contribution < -0.4 is 10.1 Å². The van der Waals surface area contributed by atoms with Gasteiger partial charge >= 0.3 is 0 Å². The van der Waals surface area contributed by atoms with Gasteiger partial charge in [0.25, 0.3) is 0 Å². The molecule has 0 heterocycles. The largest absolute Gasteiger partial charge is 0.493 e. The van der Waals surface area contributed by atoms with Crippen LogP contribution in [-0.4, -0.2) is 30.3 Å². The summed E-state index contributed by atoms with van der Waals surface area (Å²) in [7, 11) is 0. The number of rotatable bonds is 6. The van der Waals surface area contributed by atoms with Crippen LogP contribution >= 0.6 is 0 Å². The van der Waals surface area contributed by atoms with Crippen molar-refractivity contribution in [1.82, 2.24) is 5.32 Å². The molecule has 4 nitrogen and oxygen atoms in total. The molecule has 0 saturated heterocycles. The normalized spacial score (nSPS) is 22.2. The third-order valence-corrected chi connectivity index (χ3v) is 3.44. The molecular weight excluding hydrogens is 242 g/mol. The van der Waals surface area contributed by atoms with E-state index in [0.717, 1.165) is 25.0 Å². The third-order valence-electron chi connectivity index (χ3n) is 3.44. The molecule has 1 aromatic carbocycles. The van der Waals surface area contributed by atoms with Crippen LogP contribution in [0.15, 0.2) is 30.3 Å². The van der Waals surface area contributed by atoms with Gasteiger partial charge < -0.3 is 15.2 Å². The minimum absolute atomic E-state index is 0.0114. The first kappa shape index (κ1) is 13.9. The van der Waals surface area contributed by atoms with E-state index in [2.05, 4.69) is 5.32 Å². The Labute approximate surface area is 113 Å². The minimum Gasteiger partial charge on any atom is -0.493 e. The Balaban J connectivity index is 1.57. The van der Waals surface area contributed by atoms with Gasteiger partial charge in [0.2, 0.25) is 5.91 Å². The lowest BCUT2D eigenvalue weighted by Crippen LogP contribution is -2.29. The van der Waals surface area contributed by atoms with E-state index in [9.17, 15) is 9.90 Å². The molecule has 0 radical (unpaired) electrons. The number of carbonyl (C=O) groups excluding carboxylic acids is 1. The zero-order chi connectivity index (χ0) is 13.5. The molecule has 2 atom stereocenters. The highest BCUT2D eigenvalue weighted by Gasteiger charge is 2.22. The Hall–Kier alpha value is -1.55. The summed E-state index contributed by atoms with van der Waals surface area (Å²) in [5.41, 5.74) is 0. The maximum atomic E-state index is 11.6. The monoisotopic (exact) mass is 263 g/mol. The van der Waals surface area contributed by atoms with Gasteiger partial charge in [-0.2, -0.15) is 0 Å². The van der Waals surface area contributed by atoms with Crippen molar-refractivity contribution in [2.75, 3.05) is 13.2 Å². The van der Waals surface area contributed by atoms with Gasteiger partial charge in [0.15, 0.2) is 0 Å². The summed E-state index contributed by atoms with van der Waals surface area (Å²) in [6, 6.07) is 9.48. The van der Waals surface area contributed by atoms with Crippen LogP contribution in [0.5, 0.6) is 5.75 Å². The van der Waals surface area contributed by atoms with Crippen LogP contribution in [0.3, 0.4) is 0 Å². The van der Waals surface area contributed by atoms with Crippen LogP contribution in [-0.2, 0) is 4.79 Å². The summed E-state index contributed by atoms with van der Waals surface area (Å²) in [6.45, 7) is 1.06. The van der Waals surface area contributed by atoms with Gasteiger partial charge in [-0.1, -0.05) is 18.2 Å². The van der Waals surface area contributed by atoms with Crippen LogP contribution in [0, 0.1) is 5.92 Å². The molecular formula is C15H21NO3. The van der Waals surface area contributed by atoms with Gasteiger partial charge in [0.05, 0.1) is 19.1 Å². The Morgan fingerprint density at radius 3 is 2.79 bits per heavy atom. The van der Waals surface area contributed by atoms with E-state index < -0.39 is 0 Å². The fourth-order valence-corrected chi connectivity index (χ4v) is 2.36. The number of hydrogen-bond acceptors (Lipinski definition) is 3. The van der Waals surface area contributed by atoms with Gasteiger partial charge in [0.1, 0.15) is 5.75 Å². The van der Waals surface area contributed by atoms with Crippen molar-refractivity contribution in [2.45, 2.75) is 31.8 Å². The standard InChI is InChI=1S/C15H21NO3/c17-13-7-6-12(10-13)11-16-15(18)8-9-19-14-4-2-1-3-5-14/h1-5,12-13,17H,6-11H2,(H,16,18). The number of aliphatic hydroxyl groups excluding tert-OH is 1. The lowest BCUT2D eigenvalue weighted by Gasteiger charge is -2.11. The fraction of sp³-hybridized carbons (Fsp3) is 0.533. The number of para-hydroxylation sites is 1. The van der Waals surface area contributed by atoms with Crippen molar-refractivity contribution in [3.63, 3.8) is 0 Å². The number of ether oxygens (including phenoxy) is 1. The second kappa shape index (κ2) is 7.14. The molecule has 1 fully saturated rings. The van der Waals surface area contributed by atoms with Crippen molar-refractivity contribution >= 4 is 5.91 Å². The molecule has 1 saturated carbocycles. The molecule has 2 rings (SSSR count). The van der Waals surface area contributed by atoms with E-state index in [1.54, 1.807) is 0 Å². The predicted molar refractivity (Wildman–Crippen MR) is 72.9 cm³/mol. The summed E-state index contributed by atoms with van der Waals surface area (Å²) < 4.78 is 5.46. The van der Waals surface area contributed by atoms with Gasteiger partial charge in [-0.05, 0) is 37.3 Å². The highest BCUT2D eigenvalue weighted by atomic mass is 16.5. The van der Waals surface area contributed by atoms with E-state index in [1.807, 2.05) is 30.3 Å². The summed E-state index contributed by atoms with van der Waals surface area (Å²) in [5.74, 6) is 1.22. The van der Waals surface area contributed by atoms with E-state index >= 15 is 0 Å². The molecule has 104 valence electrons. The number of benzene rings is 1. The molecule has 0 spiro atoms. The molecule has 1 aliphatic rings. The lowest BCUT2D eigenvalue weighted by atomic mass is 10.1. The number of nitrogens with one attached hydrogen (secondary N) is 1. The Morgan fingerprint density at radius 2 is 2.11 bits per heavy atom. The lowest BCUT2D eigenvalue weighted by molar-refractivity contribution is -0.121. The number of amides is 1. The summed E-state index contributed by atoms with van der Waals surface area (Å²) in [6.07, 6.45) is 2.85. The second-order valence-corrected chi connectivity index (χ2v) is 5.05. The summed E-state index contributed by atoms with van der Waals surface area (Å²) in [4.78, 5) is 11.6. The van der Waals surface area contributed by atoms with E-state index in [4.69, 9.17) is 4.74 Å². The van der Waals surface area contributed by atoms with Crippen molar-refractivity contribution in [1.29, 1.82) is 0 Å². The van der Waals surface area contributed by atoms with Crippen LogP contribution in [0.25, 0.3) is 0 Å². The first-order chi connectivity index (χ1) is 9.24. The Bertz CT molecular complexity index is 394. The average molecular weight is 263 g/mol.